The van der Waals surface area contributed by atoms with Gasteiger partial charge in [0.1, 0.15) is 0 Å². The molecule has 1 aromatic heterocycles. The van der Waals surface area contributed by atoms with Gasteiger partial charge in [0.25, 0.3) is 5.91 Å². The van der Waals surface area contributed by atoms with E-state index in [9.17, 15) is 4.79 Å². The van der Waals surface area contributed by atoms with Gasteiger partial charge in [-0.1, -0.05) is 24.3 Å². The fourth-order valence-corrected chi connectivity index (χ4v) is 2.63. The zero-order valence-electron chi connectivity index (χ0n) is 12.7. The first-order chi connectivity index (χ1) is 10.0. The summed E-state index contributed by atoms with van der Waals surface area (Å²) < 4.78 is 5.56. The Hall–Kier alpha value is -1.65. The summed E-state index contributed by atoms with van der Waals surface area (Å²) in [4.78, 5) is 13.9. The first-order valence-electron chi connectivity index (χ1n) is 7.08. The summed E-state index contributed by atoms with van der Waals surface area (Å²) in [5.74, 6) is -0.0136. The Labute approximate surface area is 130 Å². The summed E-state index contributed by atoms with van der Waals surface area (Å²) in [5, 5.41) is 2.94. The first-order valence-corrected chi connectivity index (χ1v) is 7.90. The summed E-state index contributed by atoms with van der Waals surface area (Å²) in [6.45, 7) is 7.21. The smallest absolute Gasteiger partial charge is 0.261 e. The Bertz CT molecular complexity index is 587. The number of benzene rings is 1. The molecule has 0 unspecified atom stereocenters. The minimum Gasteiger partial charge on any atom is -0.374 e. The van der Waals surface area contributed by atoms with Crippen LogP contribution in [0, 0.1) is 6.92 Å². The molecule has 0 spiro atoms. The lowest BCUT2D eigenvalue weighted by atomic mass is 10.1. The standard InChI is InChI=1S/C17H21NO2S/c1-12(2)20-11-15-7-5-14(6-8-15)10-18-17(19)16-9-4-13(3)21-16/h4-9,12H,10-11H2,1-3H3,(H,18,19). The number of amides is 1. The summed E-state index contributed by atoms with van der Waals surface area (Å²) in [6, 6.07) is 12.0. The number of hydrogen-bond donors (Lipinski definition) is 1. The van der Waals surface area contributed by atoms with Crippen molar-refractivity contribution in [1.82, 2.24) is 5.32 Å². The van der Waals surface area contributed by atoms with E-state index >= 15 is 0 Å². The Morgan fingerprint density at radius 2 is 1.81 bits per heavy atom. The van der Waals surface area contributed by atoms with Crippen molar-refractivity contribution in [3.63, 3.8) is 0 Å². The first kappa shape index (κ1) is 15.7. The second-order valence-electron chi connectivity index (χ2n) is 5.27. The van der Waals surface area contributed by atoms with Crippen molar-refractivity contribution in [3.8, 4) is 0 Å². The zero-order valence-corrected chi connectivity index (χ0v) is 13.5. The highest BCUT2D eigenvalue weighted by molar-refractivity contribution is 7.13. The van der Waals surface area contributed by atoms with Crippen molar-refractivity contribution in [1.29, 1.82) is 0 Å². The molecule has 0 radical (unpaired) electrons. The van der Waals surface area contributed by atoms with Crippen LogP contribution in [0.2, 0.25) is 0 Å². The minimum absolute atomic E-state index is 0.0136. The Balaban J connectivity index is 1.84. The van der Waals surface area contributed by atoms with Gasteiger partial charge >= 0.3 is 0 Å². The molecule has 1 amide bonds. The second-order valence-corrected chi connectivity index (χ2v) is 6.56. The molecular formula is C17H21NO2S. The molecule has 0 aliphatic heterocycles. The average molecular weight is 303 g/mol. The van der Waals surface area contributed by atoms with Crippen LogP contribution in [0.5, 0.6) is 0 Å². The van der Waals surface area contributed by atoms with Gasteiger partial charge in [0.15, 0.2) is 0 Å². The van der Waals surface area contributed by atoms with Crippen LogP contribution in [-0.4, -0.2) is 12.0 Å². The Morgan fingerprint density at radius 3 is 2.38 bits per heavy atom. The molecule has 112 valence electrons. The van der Waals surface area contributed by atoms with Crippen molar-refractivity contribution in [3.05, 3.63) is 57.3 Å². The van der Waals surface area contributed by atoms with E-state index in [4.69, 9.17) is 4.74 Å². The van der Waals surface area contributed by atoms with Crippen LogP contribution in [-0.2, 0) is 17.9 Å². The third-order valence-corrected chi connectivity index (χ3v) is 4.02. The molecule has 0 fully saturated rings. The minimum atomic E-state index is -0.0136. The molecule has 0 atom stereocenters. The van der Waals surface area contributed by atoms with Crippen LogP contribution < -0.4 is 5.32 Å². The Kier molecular flexibility index (Phi) is 5.53. The zero-order chi connectivity index (χ0) is 15.2. The third kappa shape index (κ3) is 4.99. The van der Waals surface area contributed by atoms with Gasteiger partial charge in [0.2, 0.25) is 0 Å². The number of rotatable bonds is 6. The lowest BCUT2D eigenvalue weighted by Crippen LogP contribution is -2.21. The highest BCUT2D eigenvalue weighted by Crippen LogP contribution is 2.15. The number of carbonyl (C=O) groups excluding carboxylic acids is 1. The van der Waals surface area contributed by atoms with E-state index in [2.05, 4.69) is 5.32 Å². The lowest BCUT2D eigenvalue weighted by Gasteiger charge is -2.08. The van der Waals surface area contributed by atoms with Crippen LogP contribution in [0.1, 0.15) is 39.5 Å². The summed E-state index contributed by atoms with van der Waals surface area (Å²) in [6.07, 6.45) is 0.234. The fourth-order valence-electron chi connectivity index (χ4n) is 1.84. The summed E-state index contributed by atoms with van der Waals surface area (Å²) in [7, 11) is 0. The molecule has 4 heteroatoms. The predicted molar refractivity (Wildman–Crippen MR) is 86.6 cm³/mol. The molecule has 21 heavy (non-hydrogen) atoms. The highest BCUT2D eigenvalue weighted by Gasteiger charge is 2.07. The molecular weight excluding hydrogens is 282 g/mol. The van der Waals surface area contributed by atoms with Crippen molar-refractivity contribution in [2.24, 2.45) is 0 Å². The van der Waals surface area contributed by atoms with Crippen LogP contribution >= 0.6 is 11.3 Å². The van der Waals surface area contributed by atoms with E-state index < -0.39 is 0 Å². The molecule has 1 aromatic carbocycles. The van der Waals surface area contributed by atoms with E-state index in [0.717, 1.165) is 20.9 Å². The number of ether oxygens (including phenoxy) is 1. The van der Waals surface area contributed by atoms with E-state index in [1.807, 2.05) is 57.2 Å². The second kappa shape index (κ2) is 7.38. The van der Waals surface area contributed by atoms with Crippen LogP contribution in [0.15, 0.2) is 36.4 Å². The summed E-state index contributed by atoms with van der Waals surface area (Å²) in [5.41, 5.74) is 2.23. The number of thiophene rings is 1. The molecule has 3 nitrogen and oxygen atoms in total. The summed E-state index contributed by atoms with van der Waals surface area (Å²) >= 11 is 1.51. The van der Waals surface area contributed by atoms with Gasteiger partial charge in [0, 0.05) is 11.4 Å². The molecule has 1 N–H and O–H groups in total. The molecule has 0 aliphatic carbocycles. The van der Waals surface area contributed by atoms with Gasteiger partial charge in [-0.2, -0.15) is 0 Å². The third-order valence-electron chi connectivity index (χ3n) is 3.02. The largest absolute Gasteiger partial charge is 0.374 e. The maximum atomic E-state index is 12.0. The molecule has 0 saturated heterocycles. The maximum Gasteiger partial charge on any atom is 0.261 e. The topological polar surface area (TPSA) is 38.3 Å². The molecule has 2 rings (SSSR count). The molecule has 0 saturated carbocycles. The highest BCUT2D eigenvalue weighted by atomic mass is 32.1. The predicted octanol–water partition coefficient (Wildman–Crippen LogP) is 3.91. The van der Waals surface area contributed by atoms with Crippen molar-refractivity contribution in [2.45, 2.75) is 40.0 Å². The van der Waals surface area contributed by atoms with Gasteiger partial charge < -0.3 is 10.1 Å². The van der Waals surface area contributed by atoms with Gasteiger partial charge in [0.05, 0.1) is 17.6 Å². The van der Waals surface area contributed by atoms with Gasteiger partial charge in [-0.05, 0) is 44.0 Å². The number of aryl methyl sites for hydroxylation is 1. The van der Waals surface area contributed by atoms with E-state index in [1.165, 1.54) is 11.3 Å². The quantitative estimate of drug-likeness (QED) is 0.878. The monoisotopic (exact) mass is 303 g/mol. The van der Waals surface area contributed by atoms with E-state index in [0.29, 0.717) is 13.2 Å². The molecule has 2 aromatic rings. The number of hydrogen-bond acceptors (Lipinski definition) is 3. The van der Waals surface area contributed by atoms with E-state index in [1.54, 1.807) is 0 Å². The molecule has 1 heterocycles. The van der Waals surface area contributed by atoms with Crippen LogP contribution in [0.3, 0.4) is 0 Å². The fraction of sp³-hybridized carbons (Fsp3) is 0.353. The molecule has 0 aliphatic rings. The van der Waals surface area contributed by atoms with Crippen molar-refractivity contribution < 1.29 is 9.53 Å². The maximum absolute atomic E-state index is 12.0. The normalized spacial score (nSPS) is 10.9. The SMILES string of the molecule is Cc1ccc(C(=O)NCc2ccc(COC(C)C)cc2)s1. The van der Waals surface area contributed by atoms with Crippen molar-refractivity contribution >= 4 is 17.2 Å². The van der Waals surface area contributed by atoms with Gasteiger partial charge in [-0.15, -0.1) is 11.3 Å². The molecule has 0 bridgehead atoms. The van der Waals surface area contributed by atoms with Crippen LogP contribution in [0.4, 0.5) is 0 Å². The van der Waals surface area contributed by atoms with E-state index in [-0.39, 0.29) is 12.0 Å². The van der Waals surface area contributed by atoms with Crippen LogP contribution in [0.25, 0.3) is 0 Å². The number of carbonyl (C=O) groups is 1. The Morgan fingerprint density at radius 1 is 1.14 bits per heavy atom. The number of nitrogens with one attached hydrogen (secondary N) is 1. The van der Waals surface area contributed by atoms with Crippen molar-refractivity contribution in [2.75, 3.05) is 0 Å². The lowest BCUT2D eigenvalue weighted by molar-refractivity contribution is 0.0657. The van der Waals surface area contributed by atoms with Gasteiger partial charge in [-0.3, -0.25) is 4.79 Å². The average Bonchev–Trinajstić information content (AvgIpc) is 2.90. The van der Waals surface area contributed by atoms with Gasteiger partial charge in [-0.25, -0.2) is 0 Å².